The van der Waals surface area contributed by atoms with E-state index in [4.69, 9.17) is 5.73 Å². The lowest BCUT2D eigenvalue weighted by Gasteiger charge is -2.37. The summed E-state index contributed by atoms with van der Waals surface area (Å²) in [6.45, 7) is 6.57. The van der Waals surface area contributed by atoms with Crippen molar-refractivity contribution >= 4 is 11.4 Å². The zero-order valence-electron chi connectivity index (χ0n) is 9.91. The first-order valence-corrected chi connectivity index (χ1v) is 5.88. The van der Waals surface area contributed by atoms with Crippen molar-refractivity contribution in [2.24, 2.45) is 11.8 Å². The summed E-state index contributed by atoms with van der Waals surface area (Å²) in [7, 11) is 0. The van der Waals surface area contributed by atoms with Crippen LogP contribution in [0.5, 0.6) is 0 Å². The van der Waals surface area contributed by atoms with Crippen LogP contribution in [-0.4, -0.2) is 13.1 Å². The summed E-state index contributed by atoms with van der Waals surface area (Å²) in [5, 5.41) is 0. The Kier molecular flexibility index (Phi) is 3.03. The van der Waals surface area contributed by atoms with E-state index in [0.717, 1.165) is 24.7 Å². The predicted octanol–water partition coefficient (Wildman–Crippen LogP) is 2.89. The van der Waals surface area contributed by atoms with E-state index in [9.17, 15) is 4.39 Å². The molecular weight excluding hydrogens is 203 g/mol. The third-order valence-corrected chi connectivity index (χ3v) is 3.66. The summed E-state index contributed by atoms with van der Waals surface area (Å²) in [6.07, 6.45) is 1.18. The number of anilines is 2. The van der Waals surface area contributed by atoms with Crippen LogP contribution < -0.4 is 10.6 Å². The minimum Gasteiger partial charge on any atom is -0.397 e. The van der Waals surface area contributed by atoms with Crippen LogP contribution in [0, 0.1) is 17.7 Å². The van der Waals surface area contributed by atoms with Gasteiger partial charge in [-0.25, -0.2) is 4.39 Å². The fourth-order valence-corrected chi connectivity index (χ4v) is 2.30. The summed E-state index contributed by atoms with van der Waals surface area (Å²) < 4.78 is 13.0. The lowest BCUT2D eigenvalue weighted by Crippen LogP contribution is -2.38. The molecule has 0 spiro atoms. The van der Waals surface area contributed by atoms with Gasteiger partial charge in [0.2, 0.25) is 0 Å². The van der Waals surface area contributed by atoms with Gasteiger partial charge in [-0.15, -0.1) is 0 Å². The highest BCUT2D eigenvalue weighted by Crippen LogP contribution is 2.30. The molecule has 0 saturated carbocycles. The van der Waals surface area contributed by atoms with Crippen molar-refractivity contribution < 1.29 is 4.39 Å². The summed E-state index contributed by atoms with van der Waals surface area (Å²) >= 11 is 0. The molecule has 2 unspecified atom stereocenters. The number of nitrogen functional groups attached to an aromatic ring is 1. The predicted molar refractivity (Wildman–Crippen MR) is 66.0 cm³/mol. The number of piperidine rings is 1. The Hall–Kier alpha value is -1.25. The molecule has 1 aromatic carbocycles. The van der Waals surface area contributed by atoms with Crippen LogP contribution in [0.4, 0.5) is 15.8 Å². The average Bonchev–Trinajstić information content (AvgIpc) is 2.22. The largest absolute Gasteiger partial charge is 0.397 e. The van der Waals surface area contributed by atoms with Gasteiger partial charge in [0.15, 0.2) is 0 Å². The van der Waals surface area contributed by atoms with Crippen molar-refractivity contribution in [2.45, 2.75) is 20.3 Å². The van der Waals surface area contributed by atoms with Gasteiger partial charge in [0.05, 0.1) is 11.4 Å². The second kappa shape index (κ2) is 4.32. The molecule has 0 radical (unpaired) electrons. The molecule has 0 amide bonds. The Morgan fingerprint density at radius 1 is 1.31 bits per heavy atom. The fraction of sp³-hybridized carbons (Fsp3) is 0.538. The van der Waals surface area contributed by atoms with Crippen LogP contribution in [0.2, 0.25) is 0 Å². The van der Waals surface area contributed by atoms with Gasteiger partial charge < -0.3 is 10.6 Å². The van der Waals surface area contributed by atoms with Crippen LogP contribution in [-0.2, 0) is 0 Å². The van der Waals surface area contributed by atoms with Gasteiger partial charge in [0.25, 0.3) is 0 Å². The van der Waals surface area contributed by atoms with E-state index in [-0.39, 0.29) is 5.82 Å². The van der Waals surface area contributed by atoms with Crippen molar-refractivity contribution in [3.8, 4) is 0 Å². The van der Waals surface area contributed by atoms with Gasteiger partial charge in [-0.05, 0) is 36.5 Å². The molecule has 2 atom stereocenters. The first-order chi connectivity index (χ1) is 7.58. The highest BCUT2D eigenvalue weighted by atomic mass is 19.1. The molecule has 0 aromatic heterocycles. The summed E-state index contributed by atoms with van der Waals surface area (Å²) in [5.74, 6) is 1.16. The molecule has 1 aromatic rings. The number of nitrogens with two attached hydrogens (primary N) is 1. The Balaban J connectivity index is 2.18. The number of hydrogen-bond acceptors (Lipinski definition) is 2. The highest BCUT2D eigenvalue weighted by molar-refractivity contribution is 5.67. The van der Waals surface area contributed by atoms with Crippen molar-refractivity contribution in [2.75, 3.05) is 23.7 Å². The van der Waals surface area contributed by atoms with E-state index in [1.807, 2.05) is 0 Å². The van der Waals surface area contributed by atoms with Crippen molar-refractivity contribution in [3.63, 3.8) is 0 Å². The van der Waals surface area contributed by atoms with E-state index in [2.05, 4.69) is 18.7 Å². The number of nitrogens with zero attached hydrogens (tertiary/aromatic N) is 1. The normalized spacial score (nSPS) is 25.8. The van der Waals surface area contributed by atoms with Crippen LogP contribution >= 0.6 is 0 Å². The van der Waals surface area contributed by atoms with Gasteiger partial charge in [0.1, 0.15) is 5.82 Å². The SMILES string of the molecule is CC1CCN(c2ccc(F)cc2N)CC1C. The Labute approximate surface area is 96.2 Å². The molecule has 1 aliphatic heterocycles. The smallest absolute Gasteiger partial charge is 0.125 e. The van der Waals surface area contributed by atoms with Gasteiger partial charge >= 0.3 is 0 Å². The maximum atomic E-state index is 13.0. The summed E-state index contributed by atoms with van der Waals surface area (Å²) in [6, 6.07) is 4.67. The van der Waals surface area contributed by atoms with Crippen LogP contribution in [0.1, 0.15) is 20.3 Å². The standard InChI is InChI=1S/C13H19FN2/c1-9-5-6-16(8-10(9)2)13-4-3-11(14)7-12(13)15/h3-4,7,9-10H,5-6,8,15H2,1-2H3. The van der Waals surface area contributed by atoms with E-state index in [0.29, 0.717) is 11.6 Å². The molecular formula is C13H19FN2. The maximum absolute atomic E-state index is 13.0. The lowest BCUT2D eigenvalue weighted by molar-refractivity contribution is 0.324. The molecule has 0 aliphatic carbocycles. The molecule has 0 bridgehead atoms. The Morgan fingerprint density at radius 2 is 2.06 bits per heavy atom. The van der Waals surface area contributed by atoms with E-state index in [1.54, 1.807) is 6.07 Å². The minimum absolute atomic E-state index is 0.264. The third-order valence-electron chi connectivity index (χ3n) is 3.66. The summed E-state index contributed by atoms with van der Waals surface area (Å²) in [4.78, 5) is 2.26. The second-order valence-electron chi connectivity index (χ2n) is 4.89. The van der Waals surface area contributed by atoms with Crippen molar-refractivity contribution in [1.29, 1.82) is 0 Å². The first kappa shape index (κ1) is 11.2. The summed E-state index contributed by atoms with van der Waals surface area (Å²) in [5.41, 5.74) is 7.37. The zero-order valence-corrected chi connectivity index (χ0v) is 9.91. The molecule has 2 nitrogen and oxygen atoms in total. The van der Waals surface area contributed by atoms with Gasteiger partial charge in [-0.3, -0.25) is 0 Å². The van der Waals surface area contributed by atoms with Crippen molar-refractivity contribution in [3.05, 3.63) is 24.0 Å². The Bertz CT molecular complexity index is 378. The van der Waals surface area contributed by atoms with Crippen molar-refractivity contribution in [1.82, 2.24) is 0 Å². The average molecular weight is 222 g/mol. The zero-order chi connectivity index (χ0) is 11.7. The maximum Gasteiger partial charge on any atom is 0.125 e. The first-order valence-electron chi connectivity index (χ1n) is 5.88. The van der Waals surface area contributed by atoms with E-state index < -0.39 is 0 Å². The van der Waals surface area contributed by atoms with Crippen LogP contribution in [0.3, 0.4) is 0 Å². The van der Waals surface area contributed by atoms with E-state index in [1.165, 1.54) is 18.6 Å². The van der Waals surface area contributed by atoms with Crippen LogP contribution in [0.15, 0.2) is 18.2 Å². The second-order valence-corrected chi connectivity index (χ2v) is 4.89. The van der Waals surface area contributed by atoms with Gasteiger partial charge in [0, 0.05) is 13.1 Å². The van der Waals surface area contributed by atoms with Gasteiger partial charge in [-0.1, -0.05) is 13.8 Å². The molecule has 1 fully saturated rings. The fourth-order valence-electron chi connectivity index (χ4n) is 2.30. The quantitative estimate of drug-likeness (QED) is 0.740. The van der Waals surface area contributed by atoms with E-state index >= 15 is 0 Å². The molecule has 16 heavy (non-hydrogen) atoms. The number of rotatable bonds is 1. The lowest BCUT2D eigenvalue weighted by atomic mass is 9.88. The monoisotopic (exact) mass is 222 g/mol. The molecule has 88 valence electrons. The Morgan fingerprint density at radius 3 is 2.69 bits per heavy atom. The molecule has 2 N–H and O–H groups in total. The molecule has 3 heteroatoms. The molecule has 1 saturated heterocycles. The molecule has 2 rings (SSSR count). The number of hydrogen-bond donors (Lipinski definition) is 1. The molecule has 1 heterocycles. The van der Waals surface area contributed by atoms with Crippen LogP contribution in [0.25, 0.3) is 0 Å². The molecule has 1 aliphatic rings. The topological polar surface area (TPSA) is 29.3 Å². The third kappa shape index (κ3) is 2.13. The van der Waals surface area contributed by atoms with Gasteiger partial charge in [-0.2, -0.15) is 0 Å². The minimum atomic E-state index is -0.264. The highest BCUT2D eigenvalue weighted by Gasteiger charge is 2.23. The number of halogens is 1. The number of benzene rings is 1.